The minimum atomic E-state index is -1.04. The Bertz CT molecular complexity index is 877. The highest BCUT2D eigenvalue weighted by molar-refractivity contribution is 5.80. The monoisotopic (exact) mass is 354 g/mol. The van der Waals surface area contributed by atoms with Crippen molar-refractivity contribution in [3.63, 3.8) is 0 Å². The van der Waals surface area contributed by atoms with Crippen LogP contribution in [0, 0.1) is 11.6 Å². The molecule has 26 heavy (non-hydrogen) atoms. The molecule has 0 spiro atoms. The Hall–Kier alpha value is -3.14. The third-order valence-electron chi connectivity index (χ3n) is 3.76. The Labute approximate surface area is 148 Å². The molecular formula is C22H14F4. The zero-order chi connectivity index (χ0) is 18.5. The second-order valence-corrected chi connectivity index (χ2v) is 5.62. The molecule has 0 unspecified atom stereocenters. The molecule has 0 fully saturated rings. The summed E-state index contributed by atoms with van der Waals surface area (Å²) < 4.78 is 57.1. The Morgan fingerprint density at radius 3 is 1.27 bits per heavy atom. The Balaban J connectivity index is 1.96. The summed E-state index contributed by atoms with van der Waals surface area (Å²) in [7, 11) is 0. The predicted molar refractivity (Wildman–Crippen MR) is 97.2 cm³/mol. The van der Waals surface area contributed by atoms with E-state index in [2.05, 4.69) is 0 Å². The quantitative estimate of drug-likeness (QED) is 0.353. The van der Waals surface area contributed by atoms with Crippen molar-refractivity contribution < 1.29 is 17.6 Å². The highest BCUT2D eigenvalue weighted by Gasteiger charge is 2.16. The zero-order valence-corrected chi connectivity index (χ0v) is 13.6. The number of hydrogen-bond donors (Lipinski definition) is 0. The van der Waals surface area contributed by atoms with Gasteiger partial charge in [0.1, 0.15) is 23.3 Å². The molecule has 4 heteroatoms. The molecule has 0 aliphatic heterocycles. The van der Waals surface area contributed by atoms with Gasteiger partial charge in [0.05, 0.1) is 0 Å². The summed E-state index contributed by atoms with van der Waals surface area (Å²) in [5.41, 5.74) is -0.0988. The second-order valence-electron chi connectivity index (χ2n) is 5.62. The number of halogens is 4. The van der Waals surface area contributed by atoms with E-state index in [1.54, 1.807) is 60.7 Å². The van der Waals surface area contributed by atoms with Crippen molar-refractivity contribution in [2.45, 2.75) is 0 Å². The van der Waals surface area contributed by atoms with Crippen molar-refractivity contribution in [3.8, 4) is 0 Å². The third-order valence-corrected chi connectivity index (χ3v) is 3.76. The first-order valence-electron chi connectivity index (χ1n) is 7.89. The van der Waals surface area contributed by atoms with Gasteiger partial charge in [0.15, 0.2) is 0 Å². The van der Waals surface area contributed by atoms with Gasteiger partial charge in [-0.25, -0.2) is 17.6 Å². The summed E-state index contributed by atoms with van der Waals surface area (Å²) in [5.74, 6) is -3.96. The summed E-state index contributed by atoms with van der Waals surface area (Å²) >= 11 is 0. The highest BCUT2D eigenvalue weighted by Crippen LogP contribution is 2.29. The van der Waals surface area contributed by atoms with Gasteiger partial charge in [-0.1, -0.05) is 60.7 Å². The van der Waals surface area contributed by atoms with Gasteiger partial charge in [0, 0.05) is 11.1 Å². The lowest BCUT2D eigenvalue weighted by Gasteiger charge is -2.06. The summed E-state index contributed by atoms with van der Waals surface area (Å²) in [6, 6.07) is 18.1. The largest absolute Gasteiger partial charge is 0.206 e. The van der Waals surface area contributed by atoms with Crippen LogP contribution < -0.4 is 0 Å². The Morgan fingerprint density at radius 2 is 0.923 bits per heavy atom. The molecule has 0 amide bonds. The first kappa shape index (κ1) is 17.7. The maximum absolute atomic E-state index is 14.3. The Morgan fingerprint density at radius 1 is 0.577 bits per heavy atom. The van der Waals surface area contributed by atoms with E-state index >= 15 is 0 Å². The van der Waals surface area contributed by atoms with Gasteiger partial charge in [-0.15, -0.1) is 0 Å². The van der Waals surface area contributed by atoms with E-state index < -0.39 is 34.4 Å². The fraction of sp³-hybridized carbons (Fsp3) is 0. The lowest BCUT2D eigenvalue weighted by molar-refractivity contribution is 0.582. The second kappa shape index (κ2) is 7.83. The molecule has 3 aromatic carbocycles. The molecule has 0 N–H and O–H groups in total. The maximum Gasteiger partial charge on any atom is 0.134 e. The van der Waals surface area contributed by atoms with Crippen LogP contribution in [0.25, 0.3) is 23.8 Å². The maximum atomic E-state index is 14.3. The van der Waals surface area contributed by atoms with Gasteiger partial charge in [0.25, 0.3) is 0 Å². The molecule has 0 nitrogen and oxygen atoms in total. The van der Waals surface area contributed by atoms with Gasteiger partial charge in [-0.05, 0) is 35.4 Å². The fourth-order valence-electron chi connectivity index (χ4n) is 2.46. The minimum Gasteiger partial charge on any atom is -0.206 e. The van der Waals surface area contributed by atoms with E-state index in [0.29, 0.717) is 23.3 Å². The molecule has 0 atom stereocenters. The SMILES string of the molecule is F/C(=C\c1ccccc1)c1cc(F)c(/C(F)=C/c2ccccc2)cc1F. The molecule has 0 bridgehead atoms. The van der Waals surface area contributed by atoms with Crippen LogP contribution in [-0.2, 0) is 0 Å². The lowest BCUT2D eigenvalue weighted by Crippen LogP contribution is -1.94. The summed E-state index contributed by atoms with van der Waals surface area (Å²) in [4.78, 5) is 0. The summed E-state index contributed by atoms with van der Waals surface area (Å²) in [6.45, 7) is 0. The van der Waals surface area contributed by atoms with Crippen LogP contribution in [0.1, 0.15) is 22.3 Å². The molecule has 0 aliphatic carbocycles. The molecule has 0 saturated heterocycles. The molecule has 0 saturated carbocycles. The molecule has 0 aromatic heterocycles. The number of rotatable bonds is 4. The van der Waals surface area contributed by atoms with Crippen molar-refractivity contribution in [2.24, 2.45) is 0 Å². The lowest BCUT2D eigenvalue weighted by atomic mass is 10.0. The van der Waals surface area contributed by atoms with Crippen LogP contribution in [0.15, 0.2) is 72.8 Å². The minimum absolute atomic E-state index is 0.504. The van der Waals surface area contributed by atoms with Crippen molar-refractivity contribution in [1.29, 1.82) is 0 Å². The van der Waals surface area contributed by atoms with Gasteiger partial charge < -0.3 is 0 Å². The zero-order valence-electron chi connectivity index (χ0n) is 13.6. The number of benzene rings is 3. The Kier molecular flexibility index (Phi) is 5.32. The van der Waals surface area contributed by atoms with E-state index in [1.165, 1.54) is 0 Å². The van der Waals surface area contributed by atoms with Crippen molar-refractivity contribution in [1.82, 2.24) is 0 Å². The van der Waals surface area contributed by atoms with Crippen molar-refractivity contribution >= 4 is 23.8 Å². The first-order chi connectivity index (χ1) is 12.5. The predicted octanol–water partition coefficient (Wildman–Crippen LogP) is 6.90. The van der Waals surface area contributed by atoms with Crippen LogP contribution in [0.4, 0.5) is 17.6 Å². The molecule has 0 radical (unpaired) electrons. The van der Waals surface area contributed by atoms with Crippen LogP contribution >= 0.6 is 0 Å². The van der Waals surface area contributed by atoms with Crippen LogP contribution in [0.5, 0.6) is 0 Å². The van der Waals surface area contributed by atoms with Crippen LogP contribution in [0.3, 0.4) is 0 Å². The average molecular weight is 354 g/mol. The van der Waals surface area contributed by atoms with E-state index in [9.17, 15) is 17.6 Å². The van der Waals surface area contributed by atoms with E-state index in [0.717, 1.165) is 12.2 Å². The summed E-state index contributed by atoms with van der Waals surface area (Å²) in [6.07, 6.45) is 2.18. The molecule has 130 valence electrons. The van der Waals surface area contributed by atoms with E-state index in [1.807, 2.05) is 0 Å². The smallest absolute Gasteiger partial charge is 0.134 e. The van der Waals surface area contributed by atoms with Gasteiger partial charge >= 0.3 is 0 Å². The summed E-state index contributed by atoms with van der Waals surface area (Å²) in [5, 5.41) is 0. The topological polar surface area (TPSA) is 0 Å². The normalized spacial score (nSPS) is 12.3. The van der Waals surface area contributed by atoms with Gasteiger partial charge in [-0.2, -0.15) is 0 Å². The molecule has 0 aliphatic rings. The highest BCUT2D eigenvalue weighted by atomic mass is 19.1. The first-order valence-corrected chi connectivity index (χ1v) is 7.89. The van der Waals surface area contributed by atoms with Crippen LogP contribution in [0.2, 0.25) is 0 Å². The van der Waals surface area contributed by atoms with E-state index in [4.69, 9.17) is 0 Å². The van der Waals surface area contributed by atoms with Gasteiger partial charge in [-0.3, -0.25) is 0 Å². The van der Waals surface area contributed by atoms with Crippen molar-refractivity contribution in [2.75, 3.05) is 0 Å². The molecular weight excluding hydrogens is 340 g/mol. The van der Waals surface area contributed by atoms with Crippen LogP contribution in [-0.4, -0.2) is 0 Å². The standard InChI is InChI=1S/C22H14F4/c23-19(11-15-7-3-1-4-8-15)17-13-22(26)18(14-21(17)25)20(24)12-16-9-5-2-6-10-16/h1-14H/b19-11-,20-12-. The molecule has 3 aromatic rings. The average Bonchev–Trinajstić information content (AvgIpc) is 2.64. The van der Waals surface area contributed by atoms with Gasteiger partial charge in [0.2, 0.25) is 0 Å². The molecule has 3 rings (SSSR count). The van der Waals surface area contributed by atoms with Crippen molar-refractivity contribution in [3.05, 3.63) is 107 Å². The van der Waals surface area contributed by atoms with E-state index in [-0.39, 0.29) is 0 Å². The fourth-order valence-corrected chi connectivity index (χ4v) is 2.46. The third kappa shape index (κ3) is 4.09. The molecule has 0 heterocycles. The number of hydrogen-bond acceptors (Lipinski definition) is 0.